The molecule has 7 heteroatoms. The molecule has 3 aromatic rings. The molecule has 1 fully saturated rings. The average molecular weight is 461 g/mol. The minimum Gasteiger partial charge on any atom is -0.490 e. The fourth-order valence-electron chi connectivity index (χ4n) is 4.83. The van der Waals surface area contributed by atoms with Crippen LogP contribution in [-0.2, 0) is 17.6 Å². The van der Waals surface area contributed by atoms with E-state index in [2.05, 4.69) is 21.8 Å². The van der Waals surface area contributed by atoms with Gasteiger partial charge in [-0.25, -0.2) is 14.4 Å². The lowest BCUT2D eigenvalue weighted by Crippen LogP contribution is -2.36. The van der Waals surface area contributed by atoms with Gasteiger partial charge in [-0.2, -0.15) is 0 Å². The smallest absolute Gasteiger partial charge is 0.225 e. The van der Waals surface area contributed by atoms with Crippen LogP contribution in [0.4, 0.5) is 16.0 Å². The highest BCUT2D eigenvalue weighted by atomic mass is 19.1. The Balaban J connectivity index is 1.19. The molecular formula is C27H29FN4O2. The van der Waals surface area contributed by atoms with E-state index in [1.165, 1.54) is 6.07 Å². The Labute approximate surface area is 199 Å². The predicted molar refractivity (Wildman–Crippen MR) is 131 cm³/mol. The summed E-state index contributed by atoms with van der Waals surface area (Å²) in [6.45, 7) is 5.00. The fraction of sp³-hybridized carbons (Fsp3) is 0.370. The Kier molecular flexibility index (Phi) is 6.43. The monoisotopic (exact) mass is 460 g/mol. The molecule has 2 aliphatic heterocycles. The molecule has 0 radical (unpaired) electrons. The lowest BCUT2D eigenvalue weighted by Gasteiger charge is -2.31. The van der Waals surface area contributed by atoms with Crippen LogP contribution in [0.2, 0.25) is 0 Å². The standard InChI is InChI=1S/C27H29FN4O2/c1-2-19-15-29-27(30-16-19)31-11-8-20(9-12-31)17-34-26-7-6-21(14-24(26)28)22-4-3-5-25-23(22)10-13-32(25)18-33/h3-7,14-16,18,20H,2,8-13,17H2,1H3. The van der Waals surface area contributed by atoms with Gasteiger partial charge in [-0.15, -0.1) is 0 Å². The number of carbonyl (C=O) groups excluding carboxylic acids is 1. The molecule has 0 aliphatic carbocycles. The van der Waals surface area contributed by atoms with Gasteiger partial charge in [-0.1, -0.05) is 25.1 Å². The van der Waals surface area contributed by atoms with Crippen molar-refractivity contribution in [3.63, 3.8) is 0 Å². The van der Waals surface area contributed by atoms with E-state index in [1.54, 1.807) is 11.0 Å². The Hall–Kier alpha value is -3.48. The second kappa shape index (κ2) is 9.79. The second-order valence-corrected chi connectivity index (χ2v) is 8.98. The van der Waals surface area contributed by atoms with Gasteiger partial charge in [0.15, 0.2) is 11.6 Å². The number of piperidine rings is 1. The zero-order valence-corrected chi connectivity index (χ0v) is 19.4. The summed E-state index contributed by atoms with van der Waals surface area (Å²) < 4.78 is 20.8. The van der Waals surface area contributed by atoms with Gasteiger partial charge in [0, 0.05) is 37.7 Å². The Morgan fingerprint density at radius 3 is 2.62 bits per heavy atom. The third-order valence-corrected chi connectivity index (χ3v) is 6.91. The minimum atomic E-state index is -0.359. The normalized spacial score (nSPS) is 15.9. The van der Waals surface area contributed by atoms with Crippen molar-refractivity contribution in [2.75, 3.05) is 36.0 Å². The van der Waals surface area contributed by atoms with Gasteiger partial charge in [0.2, 0.25) is 12.4 Å². The summed E-state index contributed by atoms with van der Waals surface area (Å²) in [7, 11) is 0. The van der Waals surface area contributed by atoms with E-state index in [0.717, 1.165) is 79.1 Å². The van der Waals surface area contributed by atoms with Gasteiger partial charge in [-0.05, 0) is 72.1 Å². The number of fused-ring (bicyclic) bond motifs is 1. The third-order valence-electron chi connectivity index (χ3n) is 6.91. The van der Waals surface area contributed by atoms with E-state index < -0.39 is 0 Å². The lowest BCUT2D eigenvalue weighted by molar-refractivity contribution is -0.107. The van der Waals surface area contributed by atoms with Crippen molar-refractivity contribution < 1.29 is 13.9 Å². The van der Waals surface area contributed by atoms with Crippen LogP contribution in [-0.4, -0.2) is 42.6 Å². The van der Waals surface area contributed by atoms with Gasteiger partial charge >= 0.3 is 0 Å². The number of ether oxygens (including phenoxy) is 1. The predicted octanol–water partition coefficient (Wildman–Crippen LogP) is 4.66. The molecule has 1 amide bonds. The maximum atomic E-state index is 14.9. The zero-order chi connectivity index (χ0) is 23.5. The molecule has 1 aromatic heterocycles. The SMILES string of the molecule is CCc1cnc(N2CCC(COc3ccc(-c4cccc5c4CCN5C=O)cc3F)CC2)nc1. The summed E-state index contributed by atoms with van der Waals surface area (Å²) in [5, 5.41) is 0. The van der Waals surface area contributed by atoms with Crippen molar-refractivity contribution in [3.05, 3.63) is 65.7 Å². The summed E-state index contributed by atoms with van der Waals surface area (Å²) in [6, 6.07) is 11.0. The highest BCUT2D eigenvalue weighted by Gasteiger charge is 2.23. The first-order valence-electron chi connectivity index (χ1n) is 12.0. The van der Waals surface area contributed by atoms with Crippen molar-refractivity contribution in [1.29, 1.82) is 0 Å². The topological polar surface area (TPSA) is 58.6 Å². The molecule has 1 saturated heterocycles. The molecular weight excluding hydrogens is 431 g/mol. The van der Waals surface area contributed by atoms with E-state index in [9.17, 15) is 9.18 Å². The van der Waals surface area contributed by atoms with Gasteiger partial charge in [0.25, 0.3) is 0 Å². The maximum absolute atomic E-state index is 14.9. The molecule has 34 heavy (non-hydrogen) atoms. The molecule has 0 bridgehead atoms. The van der Waals surface area contributed by atoms with Crippen molar-refractivity contribution in [2.24, 2.45) is 5.92 Å². The van der Waals surface area contributed by atoms with Crippen LogP contribution in [0.25, 0.3) is 11.1 Å². The number of nitrogens with zero attached hydrogens (tertiary/aromatic N) is 4. The number of aryl methyl sites for hydroxylation is 1. The molecule has 0 N–H and O–H groups in total. The highest BCUT2D eigenvalue weighted by Crippen LogP contribution is 2.36. The minimum absolute atomic E-state index is 0.284. The molecule has 0 spiro atoms. The maximum Gasteiger partial charge on any atom is 0.225 e. The average Bonchev–Trinajstić information content (AvgIpc) is 3.32. The van der Waals surface area contributed by atoms with Crippen LogP contribution >= 0.6 is 0 Å². The largest absolute Gasteiger partial charge is 0.490 e. The number of amides is 1. The van der Waals surface area contributed by atoms with Crippen LogP contribution in [0, 0.1) is 11.7 Å². The molecule has 6 nitrogen and oxygen atoms in total. The third kappa shape index (κ3) is 4.47. The molecule has 176 valence electrons. The van der Waals surface area contributed by atoms with Crippen molar-refractivity contribution in [2.45, 2.75) is 32.6 Å². The number of aromatic nitrogens is 2. The molecule has 0 atom stereocenters. The fourth-order valence-corrected chi connectivity index (χ4v) is 4.83. The van der Waals surface area contributed by atoms with E-state index in [4.69, 9.17) is 4.74 Å². The number of anilines is 2. The summed E-state index contributed by atoms with van der Waals surface area (Å²) in [4.78, 5) is 24.1. The van der Waals surface area contributed by atoms with Crippen LogP contribution in [0.5, 0.6) is 5.75 Å². The molecule has 2 aliphatic rings. The number of halogens is 1. The van der Waals surface area contributed by atoms with Gasteiger partial charge in [0.05, 0.1) is 6.61 Å². The number of hydrogen-bond donors (Lipinski definition) is 0. The summed E-state index contributed by atoms with van der Waals surface area (Å²) in [6.07, 6.45) is 8.27. The summed E-state index contributed by atoms with van der Waals surface area (Å²) in [5.74, 6) is 1.08. The van der Waals surface area contributed by atoms with Crippen molar-refractivity contribution in [3.8, 4) is 16.9 Å². The number of benzene rings is 2. The quantitative estimate of drug-likeness (QED) is 0.480. The molecule has 5 rings (SSSR count). The lowest BCUT2D eigenvalue weighted by atomic mass is 9.97. The van der Waals surface area contributed by atoms with E-state index in [-0.39, 0.29) is 11.6 Å². The van der Waals surface area contributed by atoms with E-state index >= 15 is 0 Å². The summed E-state index contributed by atoms with van der Waals surface area (Å²) >= 11 is 0. The molecule has 3 heterocycles. The Morgan fingerprint density at radius 1 is 1.12 bits per heavy atom. The molecule has 2 aromatic carbocycles. The van der Waals surface area contributed by atoms with E-state index in [0.29, 0.717) is 19.1 Å². The first-order valence-corrected chi connectivity index (χ1v) is 12.0. The van der Waals surface area contributed by atoms with Crippen molar-refractivity contribution in [1.82, 2.24) is 9.97 Å². The molecule has 0 saturated carbocycles. The number of rotatable bonds is 7. The van der Waals surface area contributed by atoms with Gasteiger partial charge in [0.1, 0.15) is 0 Å². The highest BCUT2D eigenvalue weighted by molar-refractivity contribution is 5.85. The van der Waals surface area contributed by atoms with E-state index in [1.807, 2.05) is 36.7 Å². The number of hydrogen-bond acceptors (Lipinski definition) is 5. The van der Waals surface area contributed by atoms with Gasteiger partial charge < -0.3 is 14.5 Å². The van der Waals surface area contributed by atoms with Gasteiger partial charge in [-0.3, -0.25) is 4.79 Å². The summed E-state index contributed by atoms with van der Waals surface area (Å²) in [5.41, 5.74) is 4.90. The van der Waals surface area contributed by atoms with Crippen LogP contribution < -0.4 is 14.5 Å². The molecule has 0 unspecified atom stereocenters. The Bertz CT molecular complexity index is 1160. The zero-order valence-electron chi connectivity index (χ0n) is 19.4. The second-order valence-electron chi connectivity index (χ2n) is 8.98. The van der Waals surface area contributed by atoms with Crippen molar-refractivity contribution >= 4 is 18.0 Å². The first-order chi connectivity index (χ1) is 16.7. The first kappa shape index (κ1) is 22.3. The number of carbonyl (C=O) groups is 1. The van der Waals surface area contributed by atoms with Crippen LogP contribution in [0.3, 0.4) is 0 Å². The van der Waals surface area contributed by atoms with Crippen LogP contribution in [0.15, 0.2) is 48.8 Å². The Morgan fingerprint density at radius 2 is 1.91 bits per heavy atom. The van der Waals surface area contributed by atoms with Crippen LogP contribution in [0.1, 0.15) is 30.9 Å².